The van der Waals surface area contributed by atoms with Crippen LogP contribution in [0, 0.1) is 0 Å². The zero-order valence-corrected chi connectivity index (χ0v) is 23.6. The molecule has 0 unspecified atom stereocenters. The van der Waals surface area contributed by atoms with Crippen molar-refractivity contribution in [2.24, 2.45) is 0 Å². The van der Waals surface area contributed by atoms with E-state index in [1.807, 2.05) is 0 Å². The molecule has 0 saturated carbocycles. The highest BCUT2D eigenvalue weighted by Gasteiger charge is 2.34. The summed E-state index contributed by atoms with van der Waals surface area (Å²) < 4.78 is 27.3. The molecule has 0 saturated heterocycles. The molecule has 0 spiro atoms. The van der Waals surface area contributed by atoms with Crippen molar-refractivity contribution in [2.75, 3.05) is 0 Å². The SMILES string of the molecule is CC(C)(C)c1cc2c(c(C(C)(C)C)c1)OP(F)Oc1c(cc(C(C)(C)C)cc1C(C)(C)C)C2. The van der Waals surface area contributed by atoms with Crippen LogP contribution in [0.5, 0.6) is 11.5 Å². The number of rotatable bonds is 0. The van der Waals surface area contributed by atoms with Gasteiger partial charge in [-0.3, -0.25) is 0 Å². The van der Waals surface area contributed by atoms with E-state index in [1.165, 1.54) is 11.1 Å². The van der Waals surface area contributed by atoms with Crippen molar-refractivity contribution in [3.63, 3.8) is 0 Å². The second-order valence-corrected chi connectivity index (χ2v) is 14.4. The molecule has 1 aliphatic rings. The summed E-state index contributed by atoms with van der Waals surface area (Å²) in [5, 5.41) is 0. The second-order valence-electron chi connectivity index (χ2n) is 13.6. The maximum atomic E-state index is 15.4. The van der Waals surface area contributed by atoms with Crippen LogP contribution < -0.4 is 9.05 Å². The fourth-order valence-electron chi connectivity index (χ4n) is 4.20. The van der Waals surface area contributed by atoms with E-state index >= 15 is 4.20 Å². The summed E-state index contributed by atoms with van der Waals surface area (Å²) in [7, 11) is -2.61. The number of hydrogen-bond acceptors (Lipinski definition) is 2. The average molecular weight is 473 g/mol. The van der Waals surface area contributed by atoms with Crippen LogP contribution in [0.3, 0.4) is 0 Å². The van der Waals surface area contributed by atoms with E-state index in [0.29, 0.717) is 17.9 Å². The van der Waals surface area contributed by atoms with E-state index in [1.54, 1.807) is 0 Å². The van der Waals surface area contributed by atoms with E-state index in [2.05, 4.69) is 107 Å². The van der Waals surface area contributed by atoms with Gasteiger partial charge in [-0.2, -0.15) is 0 Å². The lowest BCUT2D eigenvalue weighted by atomic mass is 9.76. The molecule has 2 aromatic carbocycles. The van der Waals surface area contributed by atoms with E-state index in [-0.39, 0.29) is 21.7 Å². The molecule has 0 amide bonds. The Balaban J connectivity index is 2.36. The third-order valence-corrected chi connectivity index (χ3v) is 7.04. The molecule has 0 radical (unpaired) electrons. The van der Waals surface area contributed by atoms with Gasteiger partial charge in [0.1, 0.15) is 11.5 Å². The van der Waals surface area contributed by atoms with Gasteiger partial charge >= 0.3 is 8.69 Å². The van der Waals surface area contributed by atoms with E-state index in [4.69, 9.17) is 9.05 Å². The molecule has 0 aliphatic carbocycles. The van der Waals surface area contributed by atoms with Gasteiger partial charge in [0.15, 0.2) is 0 Å². The Labute approximate surface area is 202 Å². The fraction of sp³-hybridized carbons (Fsp3) is 0.586. The third-order valence-electron chi connectivity index (χ3n) is 6.39. The highest BCUT2D eigenvalue weighted by molar-refractivity contribution is 7.42. The zero-order chi connectivity index (χ0) is 25.1. The van der Waals surface area contributed by atoms with E-state index in [9.17, 15) is 0 Å². The summed E-state index contributed by atoms with van der Waals surface area (Å²) in [6, 6.07) is 8.81. The third kappa shape index (κ3) is 5.56. The summed E-state index contributed by atoms with van der Waals surface area (Å²) >= 11 is 0. The molecule has 2 nitrogen and oxygen atoms in total. The molecule has 182 valence electrons. The summed E-state index contributed by atoms with van der Waals surface area (Å²) in [5.74, 6) is 1.29. The van der Waals surface area contributed by atoms with Crippen molar-refractivity contribution in [1.29, 1.82) is 0 Å². The minimum absolute atomic E-state index is 0.0268. The highest BCUT2D eigenvalue weighted by Crippen LogP contribution is 2.53. The maximum Gasteiger partial charge on any atom is 0.505 e. The Morgan fingerprint density at radius 2 is 0.909 bits per heavy atom. The minimum atomic E-state index is -2.61. The van der Waals surface area contributed by atoms with Crippen molar-refractivity contribution in [2.45, 2.75) is 111 Å². The summed E-state index contributed by atoms with van der Waals surface area (Å²) in [5.41, 5.74) is 6.19. The Kier molecular flexibility index (Phi) is 6.51. The first-order valence-electron chi connectivity index (χ1n) is 12.0. The first-order chi connectivity index (χ1) is 14.8. The van der Waals surface area contributed by atoms with Gasteiger partial charge in [0.05, 0.1) is 0 Å². The molecule has 0 aromatic heterocycles. The molecule has 4 heteroatoms. The van der Waals surface area contributed by atoms with Crippen molar-refractivity contribution in [3.05, 3.63) is 57.6 Å². The predicted octanol–water partition coefficient (Wildman–Crippen LogP) is 9.44. The maximum absolute atomic E-state index is 15.4. The van der Waals surface area contributed by atoms with Crippen molar-refractivity contribution in [1.82, 2.24) is 0 Å². The van der Waals surface area contributed by atoms with Crippen LogP contribution in [0.25, 0.3) is 0 Å². The molecular weight excluding hydrogens is 430 g/mol. The van der Waals surface area contributed by atoms with Crippen LogP contribution in [0.1, 0.15) is 116 Å². The van der Waals surface area contributed by atoms with Gasteiger partial charge in [0.25, 0.3) is 0 Å². The molecule has 0 bridgehead atoms. The van der Waals surface area contributed by atoms with Gasteiger partial charge in [-0.15, -0.1) is 4.20 Å². The van der Waals surface area contributed by atoms with Gasteiger partial charge in [-0.05, 0) is 43.9 Å². The van der Waals surface area contributed by atoms with Crippen molar-refractivity contribution in [3.8, 4) is 11.5 Å². The monoisotopic (exact) mass is 472 g/mol. The molecular formula is C29H42FO2P. The molecule has 3 rings (SSSR count). The summed E-state index contributed by atoms with van der Waals surface area (Å²) in [6.45, 7) is 26.3. The second kappa shape index (κ2) is 8.26. The molecule has 0 N–H and O–H groups in total. The van der Waals surface area contributed by atoms with Crippen LogP contribution in [-0.2, 0) is 28.1 Å². The average Bonchev–Trinajstić information content (AvgIpc) is 2.58. The van der Waals surface area contributed by atoms with Crippen LogP contribution >= 0.6 is 8.69 Å². The Morgan fingerprint density at radius 1 is 0.576 bits per heavy atom. The van der Waals surface area contributed by atoms with Gasteiger partial charge in [-0.1, -0.05) is 107 Å². The first kappa shape index (κ1) is 26.0. The van der Waals surface area contributed by atoms with Crippen molar-refractivity contribution < 1.29 is 13.2 Å². The summed E-state index contributed by atoms with van der Waals surface area (Å²) in [4.78, 5) is 0. The molecule has 0 atom stereocenters. The normalized spacial score (nSPS) is 15.7. The summed E-state index contributed by atoms with van der Waals surface area (Å²) in [6.07, 6.45) is 0.647. The van der Waals surface area contributed by atoms with Gasteiger partial charge in [-0.25, -0.2) is 0 Å². The number of fused-ring (bicyclic) bond motifs is 2. The lowest BCUT2D eigenvalue weighted by Crippen LogP contribution is -2.21. The highest BCUT2D eigenvalue weighted by atomic mass is 31.2. The fourth-order valence-corrected chi connectivity index (χ4v) is 4.96. The van der Waals surface area contributed by atoms with Crippen LogP contribution in [0.4, 0.5) is 4.20 Å². The molecule has 33 heavy (non-hydrogen) atoms. The van der Waals surface area contributed by atoms with Crippen molar-refractivity contribution >= 4 is 8.69 Å². The number of halogens is 1. The smallest absolute Gasteiger partial charge is 0.414 e. The molecule has 2 aromatic rings. The minimum Gasteiger partial charge on any atom is -0.414 e. The zero-order valence-electron chi connectivity index (χ0n) is 22.7. The predicted molar refractivity (Wildman–Crippen MR) is 140 cm³/mol. The largest absolute Gasteiger partial charge is 0.505 e. The van der Waals surface area contributed by atoms with Gasteiger partial charge in [0, 0.05) is 17.5 Å². The van der Waals surface area contributed by atoms with E-state index < -0.39 is 8.69 Å². The molecule has 1 aliphatic heterocycles. The Morgan fingerprint density at radius 3 is 1.18 bits per heavy atom. The van der Waals surface area contributed by atoms with Crippen LogP contribution in [0.15, 0.2) is 24.3 Å². The Bertz CT molecular complexity index is 960. The quantitative estimate of drug-likeness (QED) is 0.356. The molecule has 0 fully saturated rings. The van der Waals surface area contributed by atoms with Crippen LogP contribution in [0.2, 0.25) is 0 Å². The van der Waals surface area contributed by atoms with Gasteiger partial charge in [0.2, 0.25) is 0 Å². The number of benzene rings is 2. The standard InChI is InChI=1S/C29H42FO2P/c1-26(2,3)20-14-18-13-19-15-21(27(4,5)6)17-23(29(10,11)12)25(19)32-33(30)31-24(18)22(16-20)28(7,8)9/h14-17H,13H2,1-12H3. The molecule has 1 heterocycles. The topological polar surface area (TPSA) is 18.5 Å². The van der Waals surface area contributed by atoms with Crippen LogP contribution in [-0.4, -0.2) is 0 Å². The van der Waals surface area contributed by atoms with Gasteiger partial charge < -0.3 is 9.05 Å². The lowest BCUT2D eigenvalue weighted by molar-refractivity contribution is 0.409. The Hall–Kier alpha value is -1.60. The van der Waals surface area contributed by atoms with E-state index in [0.717, 1.165) is 22.3 Å². The number of hydrogen-bond donors (Lipinski definition) is 0. The lowest BCUT2D eigenvalue weighted by Gasteiger charge is -2.33. The first-order valence-corrected chi connectivity index (χ1v) is 13.0.